The highest BCUT2D eigenvalue weighted by Crippen LogP contribution is 2.27. The monoisotopic (exact) mass is 338 g/mol. The first-order valence-corrected chi connectivity index (χ1v) is 7.60. The Balaban J connectivity index is 0.00000192. The SMILES string of the molecule is Cl.NC1CCN(CC(c2ccc(F)cc2)c2ccc(F)cc2)C1. The summed E-state index contributed by atoms with van der Waals surface area (Å²) in [5, 5.41) is 0. The zero-order chi connectivity index (χ0) is 15.5. The van der Waals surface area contributed by atoms with Crippen molar-refractivity contribution in [3.63, 3.8) is 0 Å². The summed E-state index contributed by atoms with van der Waals surface area (Å²) in [6, 6.07) is 13.3. The van der Waals surface area contributed by atoms with Crippen molar-refractivity contribution in [3.05, 3.63) is 71.3 Å². The van der Waals surface area contributed by atoms with Crippen LogP contribution in [0.15, 0.2) is 48.5 Å². The normalized spacial score (nSPS) is 18.2. The van der Waals surface area contributed by atoms with Gasteiger partial charge in [-0.2, -0.15) is 0 Å². The molecule has 0 bridgehead atoms. The van der Waals surface area contributed by atoms with Crippen LogP contribution in [0.5, 0.6) is 0 Å². The van der Waals surface area contributed by atoms with Crippen LogP contribution in [-0.2, 0) is 0 Å². The van der Waals surface area contributed by atoms with Gasteiger partial charge in [-0.25, -0.2) is 8.78 Å². The molecule has 124 valence electrons. The van der Waals surface area contributed by atoms with Gasteiger partial charge in [0.05, 0.1) is 0 Å². The van der Waals surface area contributed by atoms with E-state index in [0.717, 1.165) is 37.2 Å². The number of hydrogen-bond donors (Lipinski definition) is 1. The summed E-state index contributed by atoms with van der Waals surface area (Å²) in [6.45, 7) is 2.66. The van der Waals surface area contributed by atoms with Crippen LogP contribution in [0.3, 0.4) is 0 Å². The standard InChI is InChI=1S/C18H20F2N2.ClH/c19-15-5-1-13(2-6-15)18(12-22-10-9-17(21)11-22)14-3-7-16(20)8-4-14;/h1-8,17-18H,9-12,21H2;1H. The molecule has 1 unspecified atom stereocenters. The van der Waals surface area contributed by atoms with E-state index in [0.29, 0.717) is 0 Å². The second-order valence-corrected chi connectivity index (χ2v) is 5.96. The lowest BCUT2D eigenvalue weighted by Gasteiger charge is -2.24. The third kappa shape index (κ3) is 4.50. The molecule has 1 heterocycles. The third-order valence-corrected chi connectivity index (χ3v) is 4.29. The highest BCUT2D eigenvalue weighted by Gasteiger charge is 2.24. The Morgan fingerprint density at radius 1 is 0.957 bits per heavy atom. The zero-order valence-electron chi connectivity index (χ0n) is 12.8. The lowest BCUT2D eigenvalue weighted by molar-refractivity contribution is 0.323. The fourth-order valence-corrected chi connectivity index (χ4v) is 3.08. The maximum absolute atomic E-state index is 13.2. The third-order valence-electron chi connectivity index (χ3n) is 4.29. The fourth-order valence-electron chi connectivity index (χ4n) is 3.08. The Labute approximate surface area is 141 Å². The molecule has 1 saturated heterocycles. The van der Waals surface area contributed by atoms with E-state index in [1.807, 2.05) is 0 Å². The van der Waals surface area contributed by atoms with Gasteiger partial charge in [0, 0.05) is 25.0 Å². The molecule has 1 aliphatic rings. The highest BCUT2D eigenvalue weighted by atomic mass is 35.5. The Bertz CT molecular complexity index is 570. The van der Waals surface area contributed by atoms with Gasteiger partial charge in [-0.3, -0.25) is 0 Å². The molecule has 5 heteroatoms. The Hall–Kier alpha value is -1.49. The van der Waals surface area contributed by atoms with Crippen molar-refractivity contribution < 1.29 is 8.78 Å². The van der Waals surface area contributed by atoms with Crippen molar-refractivity contribution in [2.75, 3.05) is 19.6 Å². The molecule has 1 aliphatic heterocycles. The molecule has 23 heavy (non-hydrogen) atoms. The largest absolute Gasteiger partial charge is 0.326 e. The van der Waals surface area contributed by atoms with Crippen molar-refractivity contribution in [2.24, 2.45) is 5.73 Å². The maximum atomic E-state index is 13.2. The van der Waals surface area contributed by atoms with E-state index in [1.165, 1.54) is 24.3 Å². The van der Waals surface area contributed by atoms with Gasteiger partial charge < -0.3 is 10.6 Å². The number of hydrogen-bond acceptors (Lipinski definition) is 2. The van der Waals surface area contributed by atoms with E-state index in [-0.39, 0.29) is 36.0 Å². The van der Waals surface area contributed by atoms with Gasteiger partial charge in [-0.15, -0.1) is 12.4 Å². The van der Waals surface area contributed by atoms with E-state index in [9.17, 15) is 8.78 Å². The Morgan fingerprint density at radius 2 is 1.43 bits per heavy atom. The maximum Gasteiger partial charge on any atom is 0.123 e. The van der Waals surface area contributed by atoms with Crippen LogP contribution in [0.4, 0.5) is 8.78 Å². The van der Waals surface area contributed by atoms with Gasteiger partial charge in [0.25, 0.3) is 0 Å². The minimum atomic E-state index is -0.246. The summed E-state index contributed by atoms with van der Waals surface area (Å²) in [5.41, 5.74) is 8.05. The van der Waals surface area contributed by atoms with E-state index < -0.39 is 0 Å². The van der Waals surface area contributed by atoms with Crippen molar-refractivity contribution in [3.8, 4) is 0 Å². The second kappa shape index (κ2) is 7.86. The van der Waals surface area contributed by atoms with Gasteiger partial charge in [0.1, 0.15) is 11.6 Å². The average molecular weight is 339 g/mol. The van der Waals surface area contributed by atoms with Crippen LogP contribution < -0.4 is 5.73 Å². The topological polar surface area (TPSA) is 29.3 Å². The number of benzene rings is 2. The minimum Gasteiger partial charge on any atom is -0.326 e. The summed E-state index contributed by atoms with van der Waals surface area (Å²) in [6.07, 6.45) is 1.000. The van der Waals surface area contributed by atoms with Gasteiger partial charge >= 0.3 is 0 Å². The van der Waals surface area contributed by atoms with E-state index in [1.54, 1.807) is 24.3 Å². The molecule has 1 fully saturated rings. The highest BCUT2D eigenvalue weighted by molar-refractivity contribution is 5.85. The van der Waals surface area contributed by atoms with Crippen LogP contribution in [0.1, 0.15) is 23.5 Å². The average Bonchev–Trinajstić information content (AvgIpc) is 2.92. The number of nitrogens with two attached hydrogens (primary N) is 1. The predicted octanol–water partition coefficient (Wildman–Crippen LogP) is 3.55. The predicted molar refractivity (Wildman–Crippen MR) is 90.9 cm³/mol. The number of nitrogens with zero attached hydrogens (tertiary/aromatic N) is 1. The zero-order valence-corrected chi connectivity index (χ0v) is 13.6. The lowest BCUT2D eigenvalue weighted by atomic mass is 9.90. The van der Waals surface area contributed by atoms with Crippen LogP contribution in [0.25, 0.3) is 0 Å². The molecular weight excluding hydrogens is 318 g/mol. The fraction of sp³-hybridized carbons (Fsp3) is 0.333. The molecule has 2 N–H and O–H groups in total. The summed E-state index contributed by atoms with van der Waals surface area (Å²) < 4.78 is 26.4. The molecule has 0 aliphatic carbocycles. The first kappa shape index (κ1) is 17.9. The smallest absolute Gasteiger partial charge is 0.123 e. The second-order valence-electron chi connectivity index (χ2n) is 5.96. The Kier molecular flexibility index (Phi) is 6.10. The van der Waals surface area contributed by atoms with E-state index in [4.69, 9.17) is 5.73 Å². The number of rotatable bonds is 4. The number of likely N-dealkylation sites (tertiary alicyclic amines) is 1. The van der Waals surface area contributed by atoms with E-state index >= 15 is 0 Å². The molecular formula is C18H21ClF2N2. The minimum absolute atomic E-state index is 0. The molecule has 1 atom stereocenters. The molecule has 2 nitrogen and oxygen atoms in total. The molecule has 0 saturated carbocycles. The molecule has 2 aromatic rings. The summed E-state index contributed by atoms with van der Waals surface area (Å²) >= 11 is 0. The van der Waals surface area contributed by atoms with Crippen LogP contribution >= 0.6 is 12.4 Å². The van der Waals surface area contributed by atoms with Gasteiger partial charge in [0.2, 0.25) is 0 Å². The van der Waals surface area contributed by atoms with Crippen molar-refractivity contribution in [1.82, 2.24) is 4.90 Å². The first-order chi connectivity index (χ1) is 10.6. The van der Waals surface area contributed by atoms with Gasteiger partial charge in [-0.05, 0) is 48.4 Å². The van der Waals surface area contributed by atoms with Crippen LogP contribution in [0.2, 0.25) is 0 Å². The molecule has 3 rings (SSSR count). The number of halogens is 3. The summed E-state index contributed by atoms with van der Waals surface area (Å²) in [7, 11) is 0. The molecule has 0 spiro atoms. The summed E-state index contributed by atoms with van der Waals surface area (Å²) in [4.78, 5) is 2.32. The molecule has 2 aromatic carbocycles. The Morgan fingerprint density at radius 3 is 1.83 bits per heavy atom. The van der Waals surface area contributed by atoms with Crippen molar-refractivity contribution >= 4 is 12.4 Å². The van der Waals surface area contributed by atoms with Crippen molar-refractivity contribution in [1.29, 1.82) is 0 Å². The lowest BCUT2D eigenvalue weighted by Crippen LogP contribution is -2.30. The molecule has 0 aromatic heterocycles. The van der Waals surface area contributed by atoms with Gasteiger partial charge in [0.15, 0.2) is 0 Å². The van der Waals surface area contributed by atoms with Crippen molar-refractivity contribution in [2.45, 2.75) is 18.4 Å². The van der Waals surface area contributed by atoms with Gasteiger partial charge in [-0.1, -0.05) is 24.3 Å². The van der Waals surface area contributed by atoms with Crippen LogP contribution in [0, 0.1) is 11.6 Å². The quantitative estimate of drug-likeness (QED) is 0.923. The summed E-state index contributed by atoms with van der Waals surface area (Å²) in [5.74, 6) is -0.402. The molecule has 0 amide bonds. The van der Waals surface area contributed by atoms with Crippen LogP contribution in [-0.4, -0.2) is 30.6 Å². The molecule has 0 radical (unpaired) electrons. The van der Waals surface area contributed by atoms with E-state index in [2.05, 4.69) is 4.90 Å². The first-order valence-electron chi connectivity index (χ1n) is 7.60.